The predicted molar refractivity (Wildman–Crippen MR) is 459 cm³/mol. The van der Waals surface area contributed by atoms with Gasteiger partial charge in [-0.2, -0.15) is 0 Å². The summed E-state index contributed by atoms with van der Waals surface area (Å²) in [7, 11) is -4.11. The molecule has 0 N–H and O–H groups in total. The van der Waals surface area contributed by atoms with Crippen LogP contribution in [0.2, 0.25) is 0 Å². The molecule has 13 aromatic carbocycles. The van der Waals surface area contributed by atoms with E-state index in [1.807, 2.05) is 0 Å². The average Bonchev–Trinajstić information content (AvgIpc) is 0.758. The molecule has 522 valence electrons. The van der Waals surface area contributed by atoms with Crippen molar-refractivity contribution in [3.8, 4) is 33.8 Å². The summed E-state index contributed by atoms with van der Waals surface area (Å²) in [5.74, 6) is 1.68. The fourth-order valence-corrected chi connectivity index (χ4v) is 26.9. The van der Waals surface area contributed by atoms with Gasteiger partial charge in [0.25, 0.3) is 0 Å². The van der Waals surface area contributed by atoms with E-state index in [0.29, 0.717) is 13.2 Å². The summed E-state index contributed by atoms with van der Waals surface area (Å²) < 4.78 is 14.2. The second-order valence-corrected chi connectivity index (χ2v) is 38.6. The molecule has 0 aromatic heterocycles. The van der Waals surface area contributed by atoms with Crippen LogP contribution >= 0.6 is 31.7 Å². The van der Waals surface area contributed by atoms with E-state index in [-0.39, 0.29) is 0 Å². The largest absolute Gasteiger partial charge is 0.489 e. The molecule has 0 aliphatic carbocycles. The van der Waals surface area contributed by atoms with E-state index in [1.54, 1.807) is 0 Å². The molecule has 13 aromatic rings. The second kappa shape index (κ2) is 31.5. The minimum absolute atomic E-state index is 0.404. The minimum atomic E-state index is -1.04. The van der Waals surface area contributed by atoms with E-state index >= 15 is 0 Å². The van der Waals surface area contributed by atoms with E-state index in [0.717, 1.165) is 22.6 Å². The standard InChI is InChI=1S/C98H98O2P4/c1-61-19-27-95(101(83-39-63(3)31-64(4)40-83)84-41-65(5)32-66(6)42-84)91(55-61)93-57-81(25-29-97(93)103(87-47-71(11)35-72(12)48-87)88-49-73(13)36-74(14)50-88)99-59-79-21-23-80(24-22-79)60-100-82-26-30-98(104(89-51-75(15)37-76(16)52-89)90-53-77(17)38-78(18)54-90)94(58-82)92-56-62(2)20-28-96(92)102(85-43-67(7)33-68(8)44-85)86-45-69(9)34-70(10)46-86/h19-58H,59-60H2,1-18H3. The van der Waals surface area contributed by atoms with Gasteiger partial charge >= 0.3 is 0 Å². The molecule has 0 saturated heterocycles. The Kier molecular flexibility index (Phi) is 22.2. The molecule has 0 heterocycles. The Bertz CT molecular complexity index is 4700. The van der Waals surface area contributed by atoms with Crippen LogP contribution in [0.3, 0.4) is 0 Å². The third kappa shape index (κ3) is 17.1. The zero-order valence-corrected chi connectivity index (χ0v) is 67.7. The van der Waals surface area contributed by atoms with Crippen molar-refractivity contribution in [1.82, 2.24) is 0 Å². The van der Waals surface area contributed by atoms with Gasteiger partial charge in [0.05, 0.1) is 0 Å². The maximum Gasteiger partial charge on any atom is 0.120 e. The monoisotopic (exact) mass is 1430 g/mol. The molecule has 0 saturated carbocycles. The second-order valence-electron chi connectivity index (χ2n) is 29.9. The fraction of sp³-hybridized carbons (Fsp3) is 0.204. The number of aryl methyl sites for hydroxylation is 18. The molecule has 0 amide bonds. The first-order chi connectivity index (χ1) is 49.8. The predicted octanol–water partition coefficient (Wildman–Crippen LogP) is 20.8. The van der Waals surface area contributed by atoms with Crippen molar-refractivity contribution >= 4 is 95.3 Å². The fourth-order valence-electron chi connectivity index (χ4n) is 15.6. The lowest BCUT2D eigenvalue weighted by Gasteiger charge is -2.28. The third-order valence-electron chi connectivity index (χ3n) is 19.3. The average molecular weight is 1430 g/mol. The van der Waals surface area contributed by atoms with Gasteiger partial charge in [-0.15, -0.1) is 0 Å². The molecule has 0 aliphatic rings. The van der Waals surface area contributed by atoms with Gasteiger partial charge < -0.3 is 9.47 Å². The normalized spacial score (nSPS) is 11.6. The number of hydrogen-bond acceptors (Lipinski definition) is 2. The minimum Gasteiger partial charge on any atom is -0.489 e. The highest BCUT2D eigenvalue weighted by Crippen LogP contribution is 2.46. The highest BCUT2D eigenvalue weighted by molar-refractivity contribution is 7.81. The molecule has 0 radical (unpaired) electrons. The molecule has 0 fully saturated rings. The highest BCUT2D eigenvalue weighted by Gasteiger charge is 2.31. The van der Waals surface area contributed by atoms with Crippen molar-refractivity contribution in [2.45, 2.75) is 138 Å². The molecule has 13 rings (SSSR count). The SMILES string of the molecule is Cc1cc(C)cc(P(c2cc(C)cc(C)c2)c2ccc(C)cc2-c2cc(OCc3ccc(COc4ccc(P(c5cc(C)cc(C)c5)c5cc(C)cc(C)c5)c(-c5cc(C)ccc5P(c5cc(C)cc(C)c5)c5cc(C)cc(C)c5)c4)cc3)ccc2P(c2cc(C)cc(C)c2)c2cc(C)cc(C)c2)c1. The van der Waals surface area contributed by atoms with E-state index < -0.39 is 31.7 Å². The first-order valence-electron chi connectivity index (χ1n) is 36.5. The van der Waals surface area contributed by atoms with E-state index in [9.17, 15) is 0 Å². The first kappa shape index (κ1) is 73.5. The Morgan fingerprint density at radius 2 is 0.346 bits per heavy atom. The van der Waals surface area contributed by atoms with Gasteiger partial charge in [0.15, 0.2) is 0 Å². The van der Waals surface area contributed by atoms with Crippen LogP contribution in [0.1, 0.15) is 111 Å². The van der Waals surface area contributed by atoms with Crippen LogP contribution in [-0.4, -0.2) is 0 Å². The molecule has 2 nitrogen and oxygen atoms in total. The molecule has 0 aliphatic heterocycles. The van der Waals surface area contributed by atoms with Crippen molar-refractivity contribution in [2.75, 3.05) is 0 Å². The summed E-state index contributed by atoms with van der Waals surface area (Å²) in [5, 5.41) is 16.2. The zero-order chi connectivity index (χ0) is 73.4. The van der Waals surface area contributed by atoms with Crippen LogP contribution in [0.4, 0.5) is 0 Å². The molecule has 0 unspecified atom stereocenters. The van der Waals surface area contributed by atoms with E-state index in [4.69, 9.17) is 9.47 Å². The lowest BCUT2D eigenvalue weighted by Crippen LogP contribution is -2.27. The van der Waals surface area contributed by atoms with Gasteiger partial charge in [-0.05, 0) is 290 Å². The lowest BCUT2D eigenvalue weighted by atomic mass is 10.0. The van der Waals surface area contributed by atoms with Gasteiger partial charge in [0.1, 0.15) is 24.7 Å². The molecule has 6 heteroatoms. The van der Waals surface area contributed by atoms with E-state index in [2.05, 4.69) is 367 Å². The quantitative estimate of drug-likeness (QED) is 0.0708. The maximum absolute atomic E-state index is 7.08. The Morgan fingerprint density at radius 3 is 0.538 bits per heavy atom. The smallest absolute Gasteiger partial charge is 0.120 e. The molecule has 104 heavy (non-hydrogen) atoms. The number of ether oxygens (including phenoxy) is 2. The summed E-state index contributed by atoms with van der Waals surface area (Å²) >= 11 is 0. The number of rotatable bonds is 20. The molecule has 0 bridgehead atoms. The summed E-state index contributed by atoms with van der Waals surface area (Å²) in [4.78, 5) is 0. The van der Waals surface area contributed by atoms with E-state index in [1.165, 1.54) is 186 Å². The molecule has 0 atom stereocenters. The Morgan fingerprint density at radius 1 is 0.173 bits per heavy atom. The molecule has 0 spiro atoms. The van der Waals surface area contributed by atoms with Crippen LogP contribution in [0.25, 0.3) is 22.3 Å². The van der Waals surface area contributed by atoms with Gasteiger partial charge in [0.2, 0.25) is 0 Å². The topological polar surface area (TPSA) is 18.5 Å². The Balaban J connectivity index is 0.886. The van der Waals surface area contributed by atoms with Crippen molar-refractivity contribution in [2.24, 2.45) is 0 Å². The van der Waals surface area contributed by atoms with Crippen molar-refractivity contribution in [1.29, 1.82) is 0 Å². The van der Waals surface area contributed by atoms with Crippen molar-refractivity contribution in [3.05, 3.63) is 354 Å². The van der Waals surface area contributed by atoms with Crippen LogP contribution in [0, 0.1) is 125 Å². The Labute approximate surface area is 626 Å². The summed E-state index contributed by atoms with van der Waals surface area (Å²) in [6.45, 7) is 41.2. The van der Waals surface area contributed by atoms with Crippen LogP contribution < -0.4 is 73.1 Å². The Hall–Kier alpha value is -8.82. The van der Waals surface area contributed by atoms with Gasteiger partial charge in [-0.25, -0.2) is 0 Å². The lowest BCUT2D eigenvalue weighted by molar-refractivity contribution is 0.303. The molecular weight excluding hydrogens is 1330 g/mol. The third-order valence-corrected chi connectivity index (χ3v) is 29.0. The summed E-state index contributed by atoms with van der Waals surface area (Å²) in [5.41, 5.74) is 30.0. The zero-order valence-electron chi connectivity index (χ0n) is 64.1. The van der Waals surface area contributed by atoms with Crippen LogP contribution in [0.5, 0.6) is 11.5 Å². The highest BCUT2D eigenvalue weighted by atomic mass is 31.1. The van der Waals surface area contributed by atoms with Crippen LogP contribution in [0.15, 0.2) is 243 Å². The van der Waals surface area contributed by atoms with Gasteiger partial charge in [-0.1, -0.05) is 306 Å². The summed E-state index contributed by atoms with van der Waals surface area (Å²) in [6, 6.07) is 94.6. The van der Waals surface area contributed by atoms with Crippen molar-refractivity contribution in [3.63, 3.8) is 0 Å². The van der Waals surface area contributed by atoms with Crippen LogP contribution in [-0.2, 0) is 13.2 Å². The number of benzene rings is 13. The van der Waals surface area contributed by atoms with Crippen molar-refractivity contribution < 1.29 is 9.47 Å². The van der Waals surface area contributed by atoms with Gasteiger partial charge in [-0.3, -0.25) is 0 Å². The first-order valence-corrected chi connectivity index (χ1v) is 41.9. The molecular formula is C98H98O2P4. The maximum atomic E-state index is 7.08. The number of hydrogen-bond donors (Lipinski definition) is 0. The summed E-state index contributed by atoms with van der Waals surface area (Å²) in [6.07, 6.45) is 0. The van der Waals surface area contributed by atoms with Gasteiger partial charge in [0, 0.05) is 0 Å².